The van der Waals surface area contributed by atoms with E-state index in [-0.39, 0.29) is 5.82 Å². The Morgan fingerprint density at radius 1 is 1.35 bits per heavy atom. The van der Waals surface area contributed by atoms with Gasteiger partial charge in [0.25, 0.3) is 0 Å². The summed E-state index contributed by atoms with van der Waals surface area (Å²) < 4.78 is 13.4. The molecule has 1 N–H and O–H groups in total. The average Bonchev–Trinajstić information content (AvgIpc) is 2.95. The first kappa shape index (κ1) is 15.8. The van der Waals surface area contributed by atoms with Gasteiger partial charge in [0, 0.05) is 17.0 Å². The summed E-state index contributed by atoms with van der Waals surface area (Å²) in [7, 11) is 0. The maximum absolute atomic E-state index is 13.4. The van der Waals surface area contributed by atoms with E-state index in [1.165, 1.54) is 31.2 Å². The van der Waals surface area contributed by atoms with Crippen LogP contribution >= 0.6 is 11.8 Å². The third-order valence-corrected chi connectivity index (χ3v) is 5.49. The van der Waals surface area contributed by atoms with Gasteiger partial charge in [0.1, 0.15) is 5.82 Å². The predicted octanol–water partition coefficient (Wildman–Crippen LogP) is 4.85. The van der Waals surface area contributed by atoms with E-state index in [0.717, 1.165) is 29.5 Å². The highest BCUT2D eigenvalue weighted by Crippen LogP contribution is 2.32. The van der Waals surface area contributed by atoms with Crippen LogP contribution in [0.25, 0.3) is 0 Å². The van der Waals surface area contributed by atoms with E-state index in [0.29, 0.717) is 6.04 Å². The van der Waals surface area contributed by atoms with Gasteiger partial charge in [0.05, 0.1) is 0 Å². The Kier molecular flexibility index (Phi) is 6.37. The molecule has 1 aliphatic carbocycles. The molecule has 0 spiro atoms. The zero-order valence-corrected chi connectivity index (χ0v) is 13.4. The van der Waals surface area contributed by atoms with E-state index in [9.17, 15) is 4.39 Å². The van der Waals surface area contributed by atoms with Gasteiger partial charge in [0.2, 0.25) is 0 Å². The Morgan fingerprint density at radius 3 is 2.75 bits per heavy atom. The van der Waals surface area contributed by atoms with Crippen LogP contribution in [-0.2, 0) is 0 Å². The lowest BCUT2D eigenvalue weighted by molar-refractivity contribution is 0.571. The fraction of sp³-hybridized carbons (Fsp3) is 0.647. The van der Waals surface area contributed by atoms with Crippen LogP contribution in [0.15, 0.2) is 18.2 Å². The van der Waals surface area contributed by atoms with Crippen molar-refractivity contribution in [3.63, 3.8) is 0 Å². The lowest BCUT2D eigenvalue weighted by Gasteiger charge is -2.21. The van der Waals surface area contributed by atoms with Crippen LogP contribution < -0.4 is 5.32 Å². The topological polar surface area (TPSA) is 12.0 Å². The van der Waals surface area contributed by atoms with Gasteiger partial charge >= 0.3 is 0 Å². The number of benzene rings is 1. The van der Waals surface area contributed by atoms with Crippen LogP contribution in [0.4, 0.5) is 4.39 Å². The number of nitrogens with one attached hydrogen (secondary N) is 1. The lowest BCUT2D eigenvalue weighted by atomic mass is 10.1. The molecule has 0 amide bonds. The summed E-state index contributed by atoms with van der Waals surface area (Å²) in [5.74, 6) is 0.988. The van der Waals surface area contributed by atoms with Crippen molar-refractivity contribution in [3.05, 3.63) is 35.1 Å². The van der Waals surface area contributed by atoms with Gasteiger partial charge in [-0.1, -0.05) is 31.9 Å². The van der Waals surface area contributed by atoms with E-state index >= 15 is 0 Å². The highest BCUT2D eigenvalue weighted by Gasteiger charge is 2.19. The largest absolute Gasteiger partial charge is 0.309 e. The highest BCUT2D eigenvalue weighted by atomic mass is 32.2. The summed E-state index contributed by atoms with van der Waals surface area (Å²) in [5, 5.41) is 4.45. The second-order valence-corrected chi connectivity index (χ2v) is 7.09. The molecule has 0 aliphatic heterocycles. The molecule has 112 valence electrons. The van der Waals surface area contributed by atoms with Crippen molar-refractivity contribution in [1.82, 2.24) is 5.32 Å². The molecule has 0 aromatic heterocycles. The van der Waals surface area contributed by atoms with E-state index < -0.39 is 0 Å². The number of rotatable bonds is 7. The molecule has 0 saturated heterocycles. The molecular weight excluding hydrogens is 269 g/mol. The number of aryl methyl sites for hydroxylation is 1. The molecule has 1 fully saturated rings. The maximum Gasteiger partial charge on any atom is 0.126 e. The minimum Gasteiger partial charge on any atom is -0.309 e. The molecule has 2 rings (SSSR count). The summed E-state index contributed by atoms with van der Waals surface area (Å²) in [6.45, 7) is 5.05. The van der Waals surface area contributed by atoms with Crippen molar-refractivity contribution in [3.8, 4) is 0 Å². The van der Waals surface area contributed by atoms with Crippen LogP contribution in [0.5, 0.6) is 0 Å². The smallest absolute Gasteiger partial charge is 0.126 e. The molecule has 1 unspecified atom stereocenters. The standard InChI is InChI=1S/C17H26FNS/c1-3-10-19-17(12-20-15-6-4-5-7-15)14-8-9-16(18)13(2)11-14/h8-9,11,15,17,19H,3-7,10,12H2,1-2H3. The van der Waals surface area contributed by atoms with Gasteiger partial charge < -0.3 is 5.32 Å². The van der Waals surface area contributed by atoms with Crippen LogP contribution in [0, 0.1) is 12.7 Å². The van der Waals surface area contributed by atoms with Crippen LogP contribution in [-0.4, -0.2) is 17.5 Å². The minimum absolute atomic E-state index is 0.105. The number of halogens is 1. The van der Waals surface area contributed by atoms with E-state index in [1.54, 1.807) is 6.07 Å². The Morgan fingerprint density at radius 2 is 2.10 bits per heavy atom. The van der Waals surface area contributed by atoms with Crippen molar-refractivity contribution in [2.24, 2.45) is 0 Å². The van der Waals surface area contributed by atoms with Crippen LogP contribution in [0.3, 0.4) is 0 Å². The van der Waals surface area contributed by atoms with E-state index in [4.69, 9.17) is 0 Å². The van der Waals surface area contributed by atoms with E-state index in [1.807, 2.05) is 19.1 Å². The quantitative estimate of drug-likeness (QED) is 0.771. The first-order valence-corrected chi connectivity index (χ1v) is 8.86. The first-order chi connectivity index (χ1) is 9.70. The summed E-state index contributed by atoms with van der Waals surface area (Å²) in [5.41, 5.74) is 1.97. The highest BCUT2D eigenvalue weighted by molar-refractivity contribution is 7.99. The van der Waals surface area contributed by atoms with Gasteiger partial charge in [-0.2, -0.15) is 11.8 Å². The zero-order chi connectivity index (χ0) is 14.4. The molecule has 0 bridgehead atoms. The Hall–Kier alpha value is -0.540. The van der Waals surface area contributed by atoms with E-state index in [2.05, 4.69) is 24.0 Å². The lowest BCUT2D eigenvalue weighted by Crippen LogP contribution is -2.25. The Labute approximate surface area is 126 Å². The number of thioether (sulfide) groups is 1. The molecule has 20 heavy (non-hydrogen) atoms. The Balaban J connectivity index is 1.99. The molecule has 1 aromatic carbocycles. The summed E-state index contributed by atoms with van der Waals surface area (Å²) in [6, 6.07) is 5.88. The molecule has 3 heteroatoms. The van der Waals surface area contributed by atoms with Gasteiger partial charge in [-0.3, -0.25) is 0 Å². The molecule has 1 aliphatic rings. The average molecular weight is 295 g/mol. The third kappa shape index (κ3) is 4.49. The molecule has 1 aromatic rings. The maximum atomic E-state index is 13.4. The van der Waals surface area contributed by atoms with Gasteiger partial charge in [-0.25, -0.2) is 4.39 Å². The fourth-order valence-electron chi connectivity index (χ4n) is 2.76. The fourth-order valence-corrected chi connectivity index (χ4v) is 4.21. The summed E-state index contributed by atoms with van der Waals surface area (Å²) >= 11 is 2.09. The van der Waals surface area contributed by atoms with Crippen molar-refractivity contribution < 1.29 is 4.39 Å². The normalized spacial score (nSPS) is 17.6. The van der Waals surface area contributed by atoms with Crippen molar-refractivity contribution >= 4 is 11.8 Å². The first-order valence-electron chi connectivity index (χ1n) is 7.81. The molecule has 1 nitrogen and oxygen atoms in total. The predicted molar refractivity (Wildman–Crippen MR) is 86.9 cm³/mol. The molecule has 0 heterocycles. The van der Waals surface area contributed by atoms with Crippen LogP contribution in [0.2, 0.25) is 0 Å². The van der Waals surface area contributed by atoms with Crippen LogP contribution in [0.1, 0.15) is 56.2 Å². The SMILES string of the molecule is CCCNC(CSC1CCCC1)c1ccc(F)c(C)c1. The number of hydrogen-bond donors (Lipinski definition) is 1. The second kappa shape index (κ2) is 8.04. The Bertz CT molecular complexity index is 415. The third-order valence-electron chi connectivity index (χ3n) is 4.03. The zero-order valence-electron chi connectivity index (χ0n) is 12.6. The molecule has 1 saturated carbocycles. The minimum atomic E-state index is -0.105. The van der Waals surface area contributed by atoms with Gasteiger partial charge in [-0.05, 0) is 49.9 Å². The van der Waals surface area contributed by atoms with Gasteiger partial charge in [-0.15, -0.1) is 0 Å². The monoisotopic (exact) mass is 295 g/mol. The van der Waals surface area contributed by atoms with Gasteiger partial charge in [0.15, 0.2) is 0 Å². The molecule has 1 atom stereocenters. The summed E-state index contributed by atoms with van der Waals surface area (Å²) in [4.78, 5) is 0. The summed E-state index contributed by atoms with van der Waals surface area (Å²) in [6.07, 6.45) is 6.65. The second-order valence-electron chi connectivity index (χ2n) is 5.76. The van der Waals surface area contributed by atoms with Crippen molar-refractivity contribution in [2.45, 2.75) is 57.2 Å². The molecule has 0 radical (unpaired) electrons. The van der Waals surface area contributed by atoms with Crippen molar-refractivity contribution in [1.29, 1.82) is 0 Å². The number of hydrogen-bond acceptors (Lipinski definition) is 2. The van der Waals surface area contributed by atoms with Crippen molar-refractivity contribution in [2.75, 3.05) is 12.3 Å². The molecular formula is C17H26FNS.